The minimum Gasteiger partial charge on any atom is -0.355 e. The number of benzene rings is 1. The summed E-state index contributed by atoms with van der Waals surface area (Å²) in [5, 5.41) is 11.1. The zero-order valence-corrected chi connectivity index (χ0v) is 10.2. The third kappa shape index (κ3) is 2.66. The van der Waals surface area contributed by atoms with Gasteiger partial charge >= 0.3 is 0 Å². The Bertz CT molecular complexity index is 609. The lowest BCUT2D eigenvalue weighted by molar-refractivity contribution is -0.120. The predicted molar refractivity (Wildman–Crippen MR) is 67.7 cm³/mol. The molecule has 0 aliphatic rings. The molecule has 5 heteroatoms. The van der Waals surface area contributed by atoms with Crippen molar-refractivity contribution in [3.63, 3.8) is 0 Å². The Hall–Kier alpha value is -2.35. The normalized spacial score (nSPS) is 10.2. The third-order valence-corrected chi connectivity index (χ3v) is 2.77. The van der Waals surface area contributed by atoms with Crippen LogP contribution in [-0.4, -0.2) is 22.0 Å². The Balaban J connectivity index is 1.96. The van der Waals surface area contributed by atoms with E-state index in [1.807, 2.05) is 35.9 Å². The number of carbonyl (C=O) groups is 1. The fraction of sp³-hybridized carbons (Fsp3) is 0.308. The van der Waals surface area contributed by atoms with Crippen molar-refractivity contribution in [1.29, 1.82) is 5.26 Å². The lowest BCUT2D eigenvalue weighted by Crippen LogP contribution is -2.24. The maximum Gasteiger partial charge on any atom is 0.234 e. The number of nitrogens with one attached hydrogen (secondary N) is 1. The van der Waals surface area contributed by atoms with Gasteiger partial charge in [-0.1, -0.05) is 6.07 Å². The Morgan fingerprint density at radius 2 is 2.39 bits per heavy atom. The zero-order valence-electron chi connectivity index (χ0n) is 10.2. The van der Waals surface area contributed by atoms with Crippen molar-refractivity contribution in [2.24, 2.45) is 7.05 Å². The SMILES string of the molecule is Cn1cnc2cc(CCNC(=O)CC#N)ccc21. The van der Waals surface area contributed by atoms with Crippen LogP contribution in [0.4, 0.5) is 0 Å². The number of amides is 1. The van der Waals surface area contributed by atoms with Crippen LogP contribution in [-0.2, 0) is 18.3 Å². The molecule has 1 aromatic carbocycles. The zero-order chi connectivity index (χ0) is 13.0. The summed E-state index contributed by atoms with van der Waals surface area (Å²) in [5.74, 6) is -0.226. The summed E-state index contributed by atoms with van der Waals surface area (Å²) in [6.45, 7) is 0.541. The van der Waals surface area contributed by atoms with Crippen molar-refractivity contribution in [3.8, 4) is 6.07 Å². The summed E-state index contributed by atoms with van der Waals surface area (Å²) in [6, 6.07) is 7.89. The second-order valence-electron chi connectivity index (χ2n) is 4.11. The van der Waals surface area contributed by atoms with Crippen LogP contribution in [0.5, 0.6) is 0 Å². The topological polar surface area (TPSA) is 70.7 Å². The number of imidazole rings is 1. The first-order valence-electron chi connectivity index (χ1n) is 5.74. The molecule has 0 fully saturated rings. The highest BCUT2D eigenvalue weighted by Gasteiger charge is 2.02. The molecular formula is C13H14N4O. The van der Waals surface area contributed by atoms with Gasteiger partial charge in [-0.25, -0.2) is 4.98 Å². The highest BCUT2D eigenvalue weighted by molar-refractivity contribution is 5.78. The summed E-state index contributed by atoms with van der Waals surface area (Å²) in [5.41, 5.74) is 3.17. The van der Waals surface area contributed by atoms with E-state index in [0.717, 1.165) is 23.0 Å². The Morgan fingerprint density at radius 3 is 3.17 bits per heavy atom. The second kappa shape index (κ2) is 5.32. The van der Waals surface area contributed by atoms with E-state index < -0.39 is 0 Å². The average molecular weight is 242 g/mol. The molecule has 18 heavy (non-hydrogen) atoms. The third-order valence-electron chi connectivity index (χ3n) is 2.77. The Morgan fingerprint density at radius 1 is 1.56 bits per heavy atom. The van der Waals surface area contributed by atoms with Crippen molar-refractivity contribution < 1.29 is 4.79 Å². The molecule has 0 aliphatic carbocycles. The molecule has 0 atom stereocenters. The van der Waals surface area contributed by atoms with Gasteiger partial charge in [0.1, 0.15) is 6.42 Å². The minimum atomic E-state index is -0.226. The van der Waals surface area contributed by atoms with Crippen molar-refractivity contribution in [2.75, 3.05) is 6.54 Å². The summed E-state index contributed by atoms with van der Waals surface area (Å²) < 4.78 is 1.97. The fourth-order valence-corrected chi connectivity index (χ4v) is 1.82. The molecule has 0 saturated carbocycles. The first-order valence-corrected chi connectivity index (χ1v) is 5.74. The van der Waals surface area contributed by atoms with Gasteiger partial charge in [-0.05, 0) is 24.1 Å². The van der Waals surface area contributed by atoms with Gasteiger partial charge in [-0.2, -0.15) is 5.26 Å². The number of hydrogen-bond donors (Lipinski definition) is 1. The predicted octanol–water partition coefficient (Wildman–Crippen LogP) is 1.15. The van der Waals surface area contributed by atoms with Crippen LogP contribution in [0.2, 0.25) is 0 Å². The molecule has 1 heterocycles. The van der Waals surface area contributed by atoms with Crippen molar-refractivity contribution in [1.82, 2.24) is 14.9 Å². The van der Waals surface area contributed by atoms with Crippen molar-refractivity contribution >= 4 is 16.9 Å². The quantitative estimate of drug-likeness (QED) is 0.874. The van der Waals surface area contributed by atoms with Gasteiger partial charge in [0.2, 0.25) is 5.91 Å². The molecule has 1 amide bonds. The molecule has 0 radical (unpaired) electrons. The number of aryl methyl sites for hydroxylation is 1. The monoisotopic (exact) mass is 242 g/mol. The number of fused-ring (bicyclic) bond motifs is 1. The van der Waals surface area contributed by atoms with E-state index in [9.17, 15) is 4.79 Å². The van der Waals surface area contributed by atoms with Gasteiger partial charge in [0, 0.05) is 13.6 Å². The molecule has 0 unspecified atom stereocenters. The summed E-state index contributed by atoms with van der Waals surface area (Å²) >= 11 is 0. The van der Waals surface area contributed by atoms with E-state index in [2.05, 4.69) is 10.3 Å². The smallest absolute Gasteiger partial charge is 0.234 e. The van der Waals surface area contributed by atoms with Crippen LogP contribution < -0.4 is 5.32 Å². The first kappa shape index (κ1) is 12.1. The number of nitriles is 1. The molecule has 0 aliphatic heterocycles. The highest BCUT2D eigenvalue weighted by atomic mass is 16.1. The van der Waals surface area contributed by atoms with Crippen LogP contribution in [0.25, 0.3) is 11.0 Å². The molecule has 2 aromatic rings. The fourth-order valence-electron chi connectivity index (χ4n) is 1.82. The van der Waals surface area contributed by atoms with Gasteiger partial charge in [0.15, 0.2) is 0 Å². The molecule has 0 spiro atoms. The van der Waals surface area contributed by atoms with E-state index in [1.54, 1.807) is 6.33 Å². The maximum atomic E-state index is 11.1. The van der Waals surface area contributed by atoms with Gasteiger partial charge in [0.25, 0.3) is 0 Å². The molecule has 1 aromatic heterocycles. The molecule has 2 rings (SSSR count). The average Bonchev–Trinajstić information content (AvgIpc) is 2.71. The van der Waals surface area contributed by atoms with E-state index in [4.69, 9.17) is 5.26 Å². The number of nitrogens with zero attached hydrogens (tertiary/aromatic N) is 3. The van der Waals surface area contributed by atoms with Gasteiger partial charge in [-0.3, -0.25) is 4.79 Å². The van der Waals surface area contributed by atoms with Gasteiger partial charge in [0.05, 0.1) is 23.4 Å². The number of rotatable bonds is 4. The summed E-state index contributed by atoms with van der Waals surface area (Å²) in [7, 11) is 1.96. The molecule has 1 N–H and O–H groups in total. The second-order valence-corrected chi connectivity index (χ2v) is 4.11. The van der Waals surface area contributed by atoms with E-state index in [-0.39, 0.29) is 12.3 Å². The maximum absolute atomic E-state index is 11.1. The Kier molecular flexibility index (Phi) is 3.58. The molecular weight excluding hydrogens is 228 g/mol. The molecule has 92 valence electrons. The van der Waals surface area contributed by atoms with Gasteiger partial charge < -0.3 is 9.88 Å². The Labute approximate surface area is 105 Å². The molecule has 5 nitrogen and oxygen atoms in total. The lowest BCUT2D eigenvalue weighted by Gasteiger charge is -2.03. The standard InChI is InChI=1S/C13H14N4O/c1-17-9-16-11-8-10(2-3-12(11)17)5-7-15-13(18)4-6-14/h2-3,8-9H,4-5,7H2,1H3,(H,15,18). The van der Waals surface area contributed by atoms with E-state index in [0.29, 0.717) is 6.54 Å². The number of carbonyl (C=O) groups excluding carboxylic acids is 1. The molecule has 0 bridgehead atoms. The van der Waals surface area contributed by atoms with Crippen LogP contribution in [0.1, 0.15) is 12.0 Å². The summed E-state index contributed by atoms with van der Waals surface area (Å²) in [4.78, 5) is 15.4. The van der Waals surface area contributed by atoms with Crippen LogP contribution in [0.3, 0.4) is 0 Å². The molecule has 0 saturated heterocycles. The lowest BCUT2D eigenvalue weighted by atomic mass is 10.1. The highest BCUT2D eigenvalue weighted by Crippen LogP contribution is 2.13. The van der Waals surface area contributed by atoms with Crippen LogP contribution >= 0.6 is 0 Å². The minimum absolute atomic E-state index is 0.0841. The van der Waals surface area contributed by atoms with Crippen LogP contribution in [0, 0.1) is 11.3 Å². The van der Waals surface area contributed by atoms with Crippen molar-refractivity contribution in [3.05, 3.63) is 30.1 Å². The van der Waals surface area contributed by atoms with E-state index in [1.165, 1.54) is 0 Å². The first-order chi connectivity index (χ1) is 8.70. The van der Waals surface area contributed by atoms with Crippen LogP contribution in [0.15, 0.2) is 24.5 Å². The largest absolute Gasteiger partial charge is 0.355 e. The van der Waals surface area contributed by atoms with Gasteiger partial charge in [-0.15, -0.1) is 0 Å². The van der Waals surface area contributed by atoms with Crippen molar-refractivity contribution in [2.45, 2.75) is 12.8 Å². The number of aromatic nitrogens is 2. The van der Waals surface area contributed by atoms with E-state index >= 15 is 0 Å². The number of hydrogen-bond acceptors (Lipinski definition) is 3. The summed E-state index contributed by atoms with van der Waals surface area (Å²) in [6.07, 6.45) is 2.44.